The van der Waals surface area contributed by atoms with E-state index in [0.29, 0.717) is 11.8 Å². The van der Waals surface area contributed by atoms with Gasteiger partial charge in [0.25, 0.3) is 0 Å². The molecule has 0 aromatic heterocycles. The molecule has 2 saturated carbocycles. The number of piperazine rings is 1. The second kappa shape index (κ2) is 6.36. The summed E-state index contributed by atoms with van der Waals surface area (Å²) in [5, 5.41) is 9.13. The zero-order valence-corrected chi connectivity index (χ0v) is 13.1. The van der Waals surface area contributed by atoms with Crippen molar-refractivity contribution in [2.75, 3.05) is 26.2 Å². The van der Waals surface area contributed by atoms with Gasteiger partial charge in [0.2, 0.25) is 5.91 Å². The Balaban J connectivity index is 1.46. The molecule has 2 aliphatic carbocycles. The third-order valence-corrected chi connectivity index (χ3v) is 5.96. The van der Waals surface area contributed by atoms with Crippen LogP contribution < -0.4 is 0 Å². The molecule has 21 heavy (non-hydrogen) atoms. The highest BCUT2D eigenvalue weighted by Crippen LogP contribution is 2.49. The molecule has 116 valence electrons. The molecule has 2 bridgehead atoms. The second-order valence-electron chi connectivity index (χ2n) is 7.11. The number of fused-ring (bicyclic) bond motifs is 2. The Kier molecular flexibility index (Phi) is 4.49. The van der Waals surface area contributed by atoms with E-state index < -0.39 is 0 Å². The first-order valence-corrected chi connectivity index (χ1v) is 8.62. The van der Waals surface area contributed by atoms with Crippen LogP contribution in [0.2, 0.25) is 0 Å². The largest absolute Gasteiger partial charge is 0.340 e. The number of rotatable bonds is 4. The average molecular weight is 289 g/mol. The quantitative estimate of drug-likeness (QED) is 0.797. The lowest BCUT2D eigenvalue weighted by Gasteiger charge is -2.37. The van der Waals surface area contributed by atoms with E-state index in [1.807, 2.05) is 4.90 Å². The molecule has 0 radical (unpaired) electrons. The van der Waals surface area contributed by atoms with Crippen molar-refractivity contribution in [3.05, 3.63) is 0 Å². The fourth-order valence-corrected chi connectivity index (χ4v) is 4.69. The molecule has 4 unspecified atom stereocenters. The lowest BCUT2D eigenvalue weighted by atomic mass is 9.86. The number of nitrogens with zero attached hydrogens (tertiary/aromatic N) is 3. The molecule has 3 rings (SSSR count). The highest BCUT2D eigenvalue weighted by molar-refractivity contribution is 5.76. The summed E-state index contributed by atoms with van der Waals surface area (Å²) in [5.74, 6) is 2.78. The molecule has 4 heteroatoms. The fraction of sp³-hybridized carbons (Fsp3) is 0.882. The van der Waals surface area contributed by atoms with Gasteiger partial charge in [-0.05, 0) is 43.4 Å². The summed E-state index contributed by atoms with van der Waals surface area (Å²) in [6, 6.07) is 2.39. The van der Waals surface area contributed by atoms with Crippen molar-refractivity contribution in [1.29, 1.82) is 5.26 Å². The molecular weight excluding hydrogens is 262 g/mol. The number of hydrogen-bond donors (Lipinski definition) is 0. The highest BCUT2D eigenvalue weighted by atomic mass is 16.2. The predicted octanol–water partition coefficient (Wildman–Crippen LogP) is 2.26. The van der Waals surface area contributed by atoms with Gasteiger partial charge in [0.1, 0.15) is 0 Å². The minimum Gasteiger partial charge on any atom is -0.340 e. The molecule has 0 N–H and O–H groups in total. The summed E-state index contributed by atoms with van der Waals surface area (Å²) >= 11 is 0. The molecule has 0 aromatic rings. The van der Waals surface area contributed by atoms with Crippen molar-refractivity contribution in [2.45, 2.75) is 51.5 Å². The normalized spacial score (nSPS) is 33.9. The standard InChI is InChI=1S/C17H27N3O/c1-2-16(12-18)19-5-7-20(8-6-19)17(21)11-15-10-13-3-4-14(15)9-13/h13-16H,2-11H2,1H3. The van der Waals surface area contributed by atoms with Crippen LogP contribution in [-0.4, -0.2) is 47.9 Å². The van der Waals surface area contributed by atoms with Crippen LogP contribution in [0.5, 0.6) is 0 Å². The van der Waals surface area contributed by atoms with Crippen molar-refractivity contribution in [1.82, 2.24) is 9.80 Å². The first-order chi connectivity index (χ1) is 10.2. The van der Waals surface area contributed by atoms with E-state index in [1.54, 1.807) is 0 Å². The van der Waals surface area contributed by atoms with Gasteiger partial charge in [-0.2, -0.15) is 5.26 Å². The maximum absolute atomic E-state index is 12.5. The van der Waals surface area contributed by atoms with Gasteiger partial charge in [-0.15, -0.1) is 0 Å². The van der Waals surface area contributed by atoms with E-state index in [2.05, 4.69) is 17.9 Å². The van der Waals surface area contributed by atoms with Crippen molar-refractivity contribution in [2.24, 2.45) is 17.8 Å². The summed E-state index contributed by atoms with van der Waals surface area (Å²) in [6.45, 7) is 5.37. The summed E-state index contributed by atoms with van der Waals surface area (Å²) in [6.07, 6.45) is 7.08. The van der Waals surface area contributed by atoms with E-state index in [0.717, 1.165) is 50.9 Å². The Hall–Kier alpha value is -1.08. The summed E-state index contributed by atoms with van der Waals surface area (Å²) in [7, 11) is 0. The summed E-state index contributed by atoms with van der Waals surface area (Å²) in [4.78, 5) is 16.7. The van der Waals surface area contributed by atoms with E-state index in [-0.39, 0.29) is 6.04 Å². The van der Waals surface area contributed by atoms with Crippen LogP contribution in [0.4, 0.5) is 0 Å². The maximum atomic E-state index is 12.5. The van der Waals surface area contributed by atoms with Crippen LogP contribution in [0.25, 0.3) is 0 Å². The molecule has 1 heterocycles. The van der Waals surface area contributed by atoms with Crippen LogP contribution in [0.3, 0.4) is 0 Å². The number of nitriles is 1. The van der Waals surface area contributed by atoms with Crippen LogP contribution >= 0.6 is 0 Å². The van der Waals surface area contributed by atoms with Crippen LogP contribution in [0, 0.1) is 29.1 Å². The van der Waals surface area contributed by atoms with Gasteiger partial charge in [0.15, 0.2) is 0 Å². The molecular formula is C17H27N3O. The van der Waals surface area contributed by atoms with Crippen LogP contribution in [0.1, 0.15) is 45.4 Å². The van der Waals surface area contributed by atoms with Crippen LogP contribution in [-0.2, 0) is 4.79 Å². The molecule has 1 amide bonds. The summed E-state index contributed by atoms with van der Waals surface area (Å²) in [5.41, 5.74) is 0. The molecule has 0 aromatic carbocycles. The molecule has 4 nitrogen and oxygen atoms in total. The Morgan fingerprint density at radius 2 is 2.00 bits per heavy atom. The number of hydrogen-bond acceptors (Lipinski definition) is 3. The first kappa shape index (κ1) is 14.8. The SMILES string of the molecule is CCC(C#N)N1CCN(C(=O)CC2CC3CCC2C3)CC1. The van der Waals surface area contributed by atoms with Crippen LogP contribution in [0.15, 0.2) is 0 Å². The van der Waals surface area contributed by atoms with Gasteiger partial charge in [-0.25, -0.2) is 0 Å². The van der Waals surface area contributed by atoms with E-state index in [1.165, 1.54) is 25.7 Å². The molecule has 3 aliphatic rings. The molecule has 1 aliphatic heterocycles. The monoisotopic (exact) mass is 289 g/mol. The van der Waals surface area contributed by atoms with Crippen molar-refractivity contribution < 1.29 is 4.79 Å². The highest BCUT2D eigenvalue weighted by Gasteiger charge is 2.40. The molecule has 4 atom stereocenters. The lowest BCUT2D eigenvalue weighted by molar-refractivity contribution is -0.134. The van der Waals surface area contributed by atoms with Gasteiger partial charge >= 0.3 is 0 Å². The third kappa shape index (κ3) is 3.08. The van der Waals surface area contributed by atoms with Gasteiger partial charge in [-0.3, -0.25) is 9.69 Å². The Morgan fingerprint density at radius 3 is 2.52 bits per heavy atom. The molecule has 1 saturated heterocycles. The molecule has 3 fully saturated rings. The van der Waals surface area contributed by atoms with E-state index in [4.69, 9.17) is 5.26 Å². The van der Waals surface area contributed by atoms with Gasteiger partial charge in [-0.1, -0.05) is 13.3 Å². The number of amides is 1. The fourth-order valence-electron chi connectivity index (χ4n) is 4.69. The van der Waals surface area contributed by atoms with Crippen molar-refractivity contribution in [3.63, 3.8) is 0 Å². The zero-order chi connectivity index (χ0) is 14.8. The Labute approximate surface area is 128 Å². The maximum Gasteiger partial charge on any atom is 0.222 e. The first-order valence-electron chi connectivity index (χ1n) is 8.62. The minimum absolute atomic E-state index is 0.0211. The smallest absolute Gasteiger partial charge is 0.222 e. The summed E-state index contributed by atoms with van der Waals surface area (Å²) < 4.78 is 0. The topological polar surface area (TPSA) is 47.3 Å². The number of carbonyl (C=O) groups is 1. The van der Waals surface area contributed by atoms with Crippen molar-refractivity contribution in [3.8, 4) is 6.07 Å². The van der Waals surface area contributed by atoms with Gasteiger partial charge < -0.3 is 4.90 Å². The van der Waals surface area contributed by atoms with E-state index >= 15 is 0 Å². The van der Waals surface area contributed by atoms with Crippen molar-refractivity contribution >= 4 is 5.91 Å². The minimum atomic E-state index is 0.0211. The molecule has 0 spiro atoms. The average Bonchev–Trinajstić information content (AvgIpc) is 3.12. The Bertz CT molecular complexity index is 422. The lowest BCUT2D eigenvalue weighted by Crippen LogP contribution is -2.51. The Morgan fingerprint density at radius 1 is 1.24 bits per heavy atom. The third-order valence-electron chi connectivity index (χ3n) is 5.96. The van der Waals surface area contributed by atoms with Gasteiger partial charge in [0, 0.05) is 32.6 Å². The van der Waals surface area contributed by atoms with Gasteiger partial charge in [0.05, 0.1) is 12.1 Å². The number of carbonyl (C=O) groups excluding carboxylic acids is 1. The predicted molar refractivity (Wildman–Crippen MR) is 81.4 cm³/mol. The zero-order valence-electron chi connectivity index (χ0n) is 13.1. The second-order valence-corrected chi connectivity index (χ2v) is 7.11. The van der Waals surface area contributed by atoms with E-state index in [9.17, 15) is 4.79 Å².